The van der Waals surface area contributed by atoms with E-state index in [1.807, 2.05) is 0 Å². The predicted molar refractivity (Wildman–Crippen MR) is 61.5 cm³/mol. The van der Waals surface area contributed by atoms with Crippen LogP contribution in [-0.2, 0) is 0 Å². The van der Waals surface area contributed by atoms with E-state index in [9.17, 15) is 9.90 Å². The number of aliphatic hydroxyl groups is 1. The number of rotatable bonds is 3. The summed E-state index contributed by atoms with van der Waals surface area (Å²) in [5, 5.41) is 15.9. The lowest BCUT2D eigenvalue weighted by atomic mass is 9.87. The second kappa shape index (κ2) is 5.31. The summed E-state index contributed by atoms with van der Waals surface area (Å²) in [6.07, 6.45) is 3.45. The van der Waals surface area contributed by atoms with E-state index in [0.29, 0.717) is 18.2 Å². The molecule has 17 heavy (non-hydrogen) atoms. The number of aryl methyl sites for hydroxylation is 1. The second-order valence-electron chi connectivity index (χ2n) is 4.72. The highest BCUT2D eigenvalue weighted by Gasteiger charge is 2.20. The molecule has 1 saturated carbocycles. The molecule has 2 N–H and O–H groups in total. The first-order chi connectivity index (χ1) is 8.15. The molecule has 0 saturated heterocycles. The molecule has 0 unspecified atom stereocenters. The van der Waals surface area contributed by atoms with Crippen molar-refractivity contribution in [3.05, 3.63) is 17.5 Å². The van der Waals surface area contributed by atoms with E-state index in [4.69, 9.17) is 4.52 Å². The minimum atomic E-state index is -0.211. The van der Waals surface area contributed by atoms with Crippen molar-refractivity contribution in [2.75, 3.05) is 6.54 Å². The molecular formula is C12H18N2O3. The van der Waals surface area contributed by atoms with Crippen LogP contribution in [0.25, 0.3) is 0 Å². The number of hydrogen-bond donors (Lipinski definition) is 2. The first kappa shape index (κ1) is 12.1. The van der Waals surface area contributed by atoms with Crippen molar-refractivity contribution >= 4 is 5.91 Å². The summed E-state index contributed by atoms with van der Waals surface area (Å²) in [4.78, 5) is 11.7. The highest BCUT2D eigenvalue weighted by atomic mass is 16.5. The summed E-state index contributed by atoms with van der Waals surface area (Å²) in [5.74, 6) is 0.515. The standard InChI is InChI=1S/C12H18N2O3/c1-8-6-11(17-14-8)12(16)13-7-9-2-4-10(15)5-3-9/h6,9-10,15H,2-5,7H2,1H3,(H,13,16). The van der Waals surface area contributed by atoms with E-state index in [-0.39, 0.29) is 17.8 Å². The lowest BCUT2D eigenvalue weighted by molar-refractivity contribution is 0.0878. The monoisotopic (exact) mass is 238 g/mol. The van der Waals surface area contributed by atoms with Crippen LogP contribution in [0, 0.1) is 12.8 Å². The van der Waals surface area contributed by atoms with Crippen LogP contribution >= 0.6 is 0 Å². The minimum absolute atomic E-state index is 0.154. The molecule has 1 aliphatic carbocycles. The van der Waals surface area contributed by atoms with Gasteiger partial charge in [-0.2, -0.15) is 0 Å². The molecule has 1 amide bonds. The molecule has 1 aromatic rings. The van der Waals surface area contributed by atoms with Crippen LogP contribution in [0.3, 0.4) is 0 Å². The number of aliphatic hydroxyl groups excluding tert-OH is 1. The average Bonchev–Trinajstić information content (AvgIpc) is 2.75. The van der Waals surface area contributed by atoms with Gasteiger partial charge in [0.05, 0.1) is 11.8 Å². The van der Waals surface area contributed by atoms with Crippen LogP contribution in [0.5, 0.6) is 0 Å². The van der Waals surface area contributed by atoms with E-state index in [0.717, 1.165) is 25.7 Å². The molecule has 0 atom stereocenters. The summed E-state index contributed by atoms with van der Waals surface area (Å²) in [5.41, 5.74) is 0.705. The summed E-state index contributed by atoms with van der Waals surface area (Å²) >= 11 is 0. The summed E-state index contributed by atoms with van der Waals surface area (Å²) in [7, 11) is 0. The van der Waals surface area contributed by atoms with Crippen LogP contribution in [-0.4, -0.2) is 28.8 Å². The quantitative estimate of drug-likeness (QED) is 0.831. The molecule has 94 valence electrons. The van der Waals surface area contributed by atoms with Crippen LogP contribution in [0.4, 0.5) is 0 Å². The Kier molecular flexibility index (Phi) is 3.78. The predicted octanol–water partition coefficient (Wildman–Crippen LogP) is 1.26. The van der Waals surface area contributed by atoms with E-state index in [1.54, 1.807) is 13.0 Å². The Hall–Kier alpha value is -1.36. The Balaban J connectivity index is 1.76. The highest BCUT2D eigenvalue weighted by molar-refractivity contribution is 5.91. The van der Waals surface area contributed by atoms with Crippen molar-refractivity contribution in [1.29, 1.82) is 0 Å². The van der Waals surface area contributed by atoms with E-state index < -0.39 is 0 Å². The van der Waals surface area contributed by atoms with Crippen molar-refractivity contribution in [2.24, 2.45) is 5.92 Å². The molecule has 0 aromatic carbocycles. The molecule has 1 fully saturated rings. The number of nitrogens with zero attached hydrogens (tertiary/aromatic N) is 1. The van der Waals surface area contributed by atoms with E-state index in [2.05, 4.69) is 10.5 Å². The third kappa shape index (κ3) is 3.30. The van der Waals surface area contributed by atoms with Gasteiger partial charge in [-0.3, -0.25) is 4.79 Å². The molecule has 2 rings (SSSR count). The summed E-state index contributed by atoms with van der Waals surface area (Å²) in [6, 6.07) is 1.62. The third-order valence-electron chi connectivity index (χ3n) is 3.22. The van der Waals surface area contributed by atoms with Gasteiger partial charge in [0.15, 0.2) is 0 Å². The number of aromatic nitrogens is 1. The zero-order valence-electron chi connectivity index (χ0n) is 9.98. The van der Waals surface area contributed by atoms with Crippen LogP contribution in [0.1, 0.15) is 41.9 Å². The van der Waals surface area contributed by atoms with Crippen molar-refractivity contribution in [3.63, 3.8) is 0 Å². The number of amides is 1. The number of carbonyl (C=O) groups excluding carboxylic acids is 1. The maximum Gasteiger partial charge on any atom is 0.289 e. The van der Waals surface area contributed by atoms with Gasteiger partial charge in [-0.15, -0.1) is 0 Å². The van der Waals surface area contributed by atoms with Crippen molar-refractivity contribution in [1.82, 2.24) is 10.5 Å². The molecule has 1 aliphatic rings. The van der Waals surface area contributed by atoms with Gasteiger partial charge in [0.2, 0.25) is 5.76 Å². The van der Waals surface area contributed by atoms with E-state index in [1.165, 1.54) is 0 Å². The lowest BCUT2D eigenvalue weighted by Gasteiger charge is -2.25. The van der Waals surface area contributed by atoms with Gasteiger partial charge < -0.3 is 14.9 Å². The fourth-order valence-corrected chi connectivity index (χ4v) is 2.14. The zero-order chi connectivity index (χ0) is 12.3. The van der Waals surface area contributed by atoms with Crippen LogP contribution in [0.15, 0.2) is 10.6 Å². The number of carbonyl (C=O) groups is 1. The Morgan fingerprint density at radius 2 is 2.24 bits per heavy atom. The van der Waals surface area contributed by atoms with Gasteiger partial charge in [0, 0.05) is 12.6 Å². The molecule has 5 nitrogen and oxygen atoms in total. The fraction of sp³-hybridized carbons (Fsp3) is 0.667. The Morgan fingerprint density at radius 1 is 1.53 bits per heavy atom. The molecule has 0 aliphatic heterocycles. The first-order valence-electron chi connectivity index (χ1n) is 6.04. The van der Waals surface area contributed by atoms with Gasteiger partial charge in [0.25, 0.3) is 5.91 Å². The largest absolute Gasteiger partial charge is 0.393 e. The maximum atomic E-state index is 11.7. The van der Waals surface area contributed by atoms with Crippen molar-refractivity contribution in [2.45, 2.75) is 38.7 Å². The lowest BCUT2D eigenvalue weighted by Crippen LogP contribution is -2.31. The Morgan fingerprint density at radius 3 is 2.82 bits per heavy atom. The molecule has 1 aromatic heterocycles. The molecule has 1 heterocycles. The molecule has 0 spiro atoms. The first-order valence-corrected chi connectivity index (χ1v) is 6.04. The topological polar surface area (TPSA) is 75.4 Å². The van der Waals surface area contributed by atoms with Crippen molar-refractivity contribution in [3.8, 4) is 0 Å². The minimum Gasteiger partial charge on any atom is -0.393 e. The third-order valence-corrected chi connectivity index (χ3v) is 3.22. The molecule has 0 radical (unpaired) electrons. The zero-order valence-corrected chi connectivity index (χ0v) is 9.98. The molecule has 0 bridgehead atoms. The Labute approximate surface area is 100 Å². The van der Waals surface area contributed by atoms with Crippen LogP contribution in [0.2, 0.25) is 0 Å². The van der Waals surface area contributed by atoms with Crippen molar-refractivity contribution < 1.29 is 14.4 Å². The molecular weight excluding hydrogens is 220 g/mol. The summed E-state index contributed by atoms with van der Waals surface area (Å²) < 4.78 is 4.88. The van der Waals surface area contributed by atoms with Crippen LogP contribution < -0.4 is 5.32 Å². The average molecular weight is 238 g/mol. The maximum absolute atomic E-state index is 11.7. The Bertz CT molecular complexity index is 381. The summed E-state index contributed by atoms with van der Waals surface area (Å²) in [6.45, 7) is 2.42. The second-order valence-corrected chi connectivity index (χ2v) is 4.72. The van der Waals surface area contributed by atoms with Gasteiger partial charge in [-0.05, 0) is 38.5 Å². The number of nitrogens with one attached hydrogen (secondary N) is 1. The fourth-order valence-electron chi connectivity index (χ4n) is 2.14. The highest BCUT2D eigenvalue weighted by Crippen LogP contribution is 2.23. The molecule has 5 heteroatoms. The normalized spacial score (nSPS) is 24.6. The van der Waals surface area contributed by atoms with Gasteiger partial charge in [-0.25, -0.2) is 0 Å². The smallest absolute Gasteiger partial charge is 0.289 e. The van der Waals surface area contributed by atoms with E-state index >= 15 is 0 Å². The van der Waals surface area contributed by atoms with Gasteiger partial charge >= 0.3 is 0 Å². The van der Waals surface area contributed by atoms with Gasteiger partial charge in [-0.1, -0.05) is 5.16 Å². The SMILES string of the molecule is Cc1cc(C(=O)NCC2CCC(O)CC2)on1. The number of hydrogen-bond acceptors (Lipinski definition) is 4. The van der Waals surface area contributed by atoms with Gasteiger partial charge in [0.1, 0.15) is 0 Å².